The van der Waals surface area contributed by atoms with Crippen LogP contribution in [0.2, 0.25) is 0 Å². The van der Waals surface area contributed by atoms with Gasteiger partial charge in [-0.05, 0) is 25.0 Å². The van der Waals surface area contributed by atoms with E-state index in [4.69, 9.17) is 4.74 Å². The first-order valence-corrected chi connectivity index (χ1v) is 8.21. The SMILES string of the molecule is FC(F)(F)c1cc(N2CCCC(COc3nccs3)C2)ccn1. The summed E-state index contributed by atoms with van der Waals surface area (Å²) in [6, 6.07) is 2.74. The van der Waals surface area contributed by atoms with Crippen LogP contribution in [0.15, 0.2) is 29.9 Å². The van der Waals surface area contributed by atoms with E-state index in [9.17, 15) is 13.2 Å². The van der Waals surface area contributed by atoms with Crippen molar-refractivity contribution in [1.82, 2.24) is 9.97 Å². The van der Waals surface area contributed by atoms with Crippen molar-refractivity contribution in [1.29, 1.82) is 0 Å². The van der Waals surface area contributed by atoms with Crippen LogP contribution in [0.5, 0.6) is 5.19 Å². The summed E-state index contributed by atoms with van der Waals surface area (Å²) in [5.41, 5.74) is -0.289. The van der Waals surface area contributed by atoms with Gasteiger partial charge < -0.3 is 9.64 Å². The maximum atomic E-state index is 12.8. The monoisotopic (exact) mass is 343 g/mol. The van der Waals surface area contributed by atoms with E-state index in [1.807, 2.05) is 10.3 Å². The summed E-state index contributed by atoms with van der Waals surface area (Å²) in [4.78, 5) is 9.45. The summed E-state index contributed by atoms with van der Waals surface area (Å²) in [5.74, 6) is 0.273. The van der Waals surface area contributed by atoms with E-state index in [0.29, 0.717) is 24.0 Å². The molecular formula is C15H16F3N3OS. The van der Waals surface area contributed by atoms with Gasteiger partial charge >= 0.3 is 6.18 Å². The third-order valence-electron chi connectivity index (χ3n) is 3.77. The molecule has 0 radical (unpaired) electrons. The summed E-state index contributed by atoms with van der Waals surface area (Å²) in [7, 11) is 0. The molecule has 0 aliphatic carbocycles. The zero-order chi connectivity index (χ0) is 16.3. The van der Waals surface area contributed by atoms with Crippen molar-refractivity contribution in [3.8, 4) is 5.19 Å². The fraction of sp³-hybridized carbons (Fsp3) is 0.467. The lowest BCUT2D eigenvalue weighted by Crippen LogP contribution is -2.37. The molecule has 2 aromatic rings. The average molecular weight is 343 g/mol. The van der Waals surface area contributed by atoms with Crippen molar-refractivity contribution < 1.29 is 17.9 Å². The van der Waals surface area contributed by atoms with Gasteiger partial charge in [0.2, 0.25) is 0 Å². The lowest BCUT2D eigenvalue weighted by molar-refractivity contribution is -0.141. The van der Waals surface area contributed by atoms with Crippen molar-refractivity contribution in [3.63, 3.8) is 0 Å². The molecule has 0 saturated carbocycles. The van der Waals surface area contributed by atoms with Crippen LogP contribution in [0, 0.1) is 5.92 Å². The summed E-state index contributed by atoms with van der Waals surface area (Å²) >= 11 is 1.43. The minimum atomic E-state index is -4.42. The van der Waals surface area contributed by atoms with Gasteiger partial charge in [0.1, 0.15) is 5.69 Å². The Labute approximate surface area is 135 Å². The largest absolute Gasteiger partial charge is 0.470 e. The quantitative estimate of drug-likeness (QED) is 0.845. The molecule has 0 N–H and O–H groups in total. The highest BCUT2D eigenvalue weighted by atomic mass is 32.1. The van der Waals surface area contributed by atoms with Gasteiger partial charge in [-0.1, -0.05) is 11.3 Å². The first-order chi connectivity index (χ1) is 11.0. The molecule has 1 aliphatic rings. The second-order valence-corrected chi connectivity index (χ2v) is 6.32. The van der Waals surface area contributed by atoms with Crippen molar-refractivity contribution in [2.75, 3.05) is 24.6 Å². The van der Waals surface area contributed by atoms with E-state index in [0.717, 1.165) is 25.5 Å². The van der Waals surface area contributed by atoms with Crippen LogP contribution in [0.4, 0.5) is 18.9 Å². The van der Waals surface area contributed by atoms with E-state index in [1.165, 1.54) is 17.5 Å². The van der Waals surface area contributed by atoms with Gasteiger partial charge in [0.25, 0.3) is 5.19 Å². The molecule has 3 heterocycles. The van der Waals surface area contributed by atoms with Gasteiger partial charge in [-0.25, -0.2) is 4.98 Å². The predicted octanol–water partition coefficient (Wildman–Crippen LogP) is 3.85. The molecule has 8 heteroatoms. The molecule has 1 atom stereocenters. The van der Waals surface area contributed by atoms with Crippen LogP contribution in [0.25, 0.3) is 0 Å². The topological polar surface area (TPSA) is 38.2 Å². The standard InChI is InChI=1S/C15H16F3N3OS/c16-15(17,18)13-8-12(3-4-19-13)21-6-1-2-11(9-21)10-22-14-20-5-7-23-14/h3-5,7-8,11H,1-2,6,9-10H2. The highest BCUT2D eigenvalue weighted by Gasteiger charge is 2.33. The Bertz CT molecular complexity index is 633. The number of anilines is 1. The highest BCUT2D eigenvalue weighted by molar-refractivity contribution is 7.11. The Balaban J connectivity index is 1.64. The molecule has 0 spiro atoms. The summed E-state index contributed by atoms with van der Waals surface area (Å²) < 4.78 is 44.0. The smallest absolute Gasteiger partial charge is 0.433 e. The predicted molar refractivity (Wildman–Crippen MR) is 81.8 cm³/mol. The Morgan fingerprint density at radius 2 is 2.17 bits per heavy atom. The normalized spacial score (nSPS) is 18.9. The molecule has 0 bridgehead atoms. The fourth-order valence-electron chi connectivity index (χ4n) is 2.68. The lowest BCUT2D eigenvalue weighted by atomic mass is 9.98. The molecule has 2 aromatic heterocycles. The van der Waals surface area contributed by atoms with Crippen LogP contribution in [-0.4, -0.2) is 29.7 Å². The zero-order valence-electron chi connectivity index (χ0n) is 12.3. The summed E-state index contributed by atoms with van der Waals surface area (Å²) in [6.07, 6.45) is 0.407. The molecule has 1 unspecified atom stereocenters. The fourth-order valence-corrected chi connectivity index (χ4v) is 3.17. The Morgan fingerprint density at radius 1 is 1.30 bits per heavy atom. The second-order valence-electron chi connectivity index (χ2n) is 5.46. The van der Waals surface area contributed by atoms with Crippen LogP contribution in [-0.2, 0) is 6.18 Å². The Morgan fingerprint density at radius 3 is 2.91 bits per heavy atom. The Hall–Kier alpha value is -1.83. The third kappa shape index (κ3) is 4.13. The molecule has 1 fully saturated rings. The Kier molecular flexibility index (Phi) is 4.70. The van der Waals surface area contributed by atoms with Gasteiger partial charge in [0.05, 0.1) is 6.61 Å². The molecule has 0 amide bonds. The minimum absolute atomic E-state index is 0.273. The van der Waals surface area contributed by atoms with Crippen LogP contribution in [0.1, 0.15) is 18.5 Å². The van der Waals surface area contributed by atoms with Gasteiger partial charge in [0.15, 0.2) is 0 Å². The van der Waals surface area contributed by atoms with Crippen LogP contribution >= 0.6 is 11.3 Å². The lowest BCUT2D eigenvalue weighted by Gasteiger charge is -2.34. The van der Waals surface area contributed by atoms with Gasteiger partial charge in [0, 0.05) is 42.5 Å². The number of piperidine rings is 1. The van der Waals surface area contributed by atoms with Gasteiger partial charge in [-0.2, -0.15) is 13.2 Å². The molecule has 0 aromatic carbocycles. The average Bonchev–Trinajstić information content (AvgIpc) is 3.06. The number of alkyl halides is 3. The van der Waals surface area contributed by atoms with Crippen molar-refractivity contribution in [3.05, 3.63) is 35.6 Å². The number of halogens is 3. The third-order valence-corrected chi connectivity index (χ3v) is 4.45. The second kappa shape index (κ2) is 6.74. The number of rotatable bonds is 4. The number of hydrogen-bond acceptors (Lipinski definition) is 5. The van der Waals surface area contributed by atoms with Crippen LogP contribution in [0.3, 0.4) is 0 Å². The number of pyridine rings is 1. The number of hydrogen-bond donors (Lipinski definition) is 0. The molecule has 3 rings (SSSR count). The number of nitrogens with zero attached hydrogens (tertiary/aromatic N) is 3. The number of ether oxygens (including phenoxy) is 1. The molecular weight excluding hydrogens is 327 g/mol. The van der Waals surface area contributed by atoms with E-state index in [-0.39, 0.29) is 5.92 Å². The van der Waals surface area contributed by atoms with Crippen molar-refractivity contribution in [2.24, 2.45) is 5.92 Å². The number of aromatic nitrogens is 2. The van der Waals surface area contributed by atoms with E-state index >= 15 is 0 Å². The van der Waals surface area contributed by atoms with Gasteiger partial charge in [-0.15, -0.1) is 0 Å². The maximum Gasteiger partial charge on any atom is 0.433 e. The van der Waals surface area contributed by atoms with Crippen LogP contribution < -0.4 is 9.64 Å². The summed E-state index contributed by atoms with van der Waals surface area (Å²) in [5, 5.41) is 2.48. The number of thiazole rings is 1. The summed E-state index contributed by atoms with van der Waals surface area (Å²) in [6.45, 7) is 1.95. The molecule has 4 nitrogen and oxygen atoms in total. The van der Waals surface area contributed by atoms with Crippen molar-refractivity contribution >= 4 is 17.0 Å². The van der Waals surface area contributed by atoms with E-state index in [1.54, 1.807) is 12.3 Å². The molecule has 124 valence electrons. The zero-order valence-corrected chi connectivity index (χ0v) is 13.1. The van der Waals surface area contributed by atoms with Gasteiger partial charge in [-0.3, -0.25) is 4.98 Å². The van der Waals surface area contributed by atoms with Crippen molar-refractivity contribution in [2.45, 2.75) is 19.0 Å². The van der Waals surface area contributed by atoms with E-state index < -0.39 is 11.9 Å². The molecule has 1 saturated heterocycles. The maximum absolute atomic E-state index is 12.8. The van der Waals surface area contributed by atoms with E-state index in [2.05, 4.69) is 9.97 Å². The highest BCUT2D eigenvalue weighted by Crippen LogP contribution is 2.31. The minimum Gasteiger partial charge on any atom is -0.470 e. The first-order valence-electron chi connectivity index (χ1n) is 7.33. The molecule has 23 heavy (non-hydrogen) atoms. The first kappa shape index (κ1) is 16.0. The molecule has 1 aliphatic heterocycles.